The molecule has 0 amide bonds. The molecule has 0 aromatic heterocycles. The molecule has 0 fully saturated rings. The van der Waals surface area contributed by atoms with E-state index in [4.69, 9.17) is 11.6 Å². The van der Waals surface area contributed by atoms with Crippen molar-refractivity contribution in [3.05, 3.63) is 0 Å². The molecule has 0 heterocycles. The molecule has 3 heteroatoms. The Balaban J connectivity index is -0.000000140. The van der Waals surface area contributed by atoms with E-state index in [2.05, 4.69) is 12.2 Å². The molecule has 0 aromatic rings. The highest BCUT2D eigenvalue weighted by Gasteiger charge is 1.81. The first kappa shape index (κ1) is 17.6. The highest BCUT2D eigenvalue weighted by molar-refractivity contribution is 6.17. The quantitative estimate of drug-likeness (QED) is 0.545. The molecule has 0 rings (SSSR count). The minimum absolute atomic E-state index is 0. The van der Waals surface area contributed by atoms with Gasteiger partial charge in [-0.3, -0.25) is 0 Å². The molecule has 0 bridgehead atoms. The van der Waals surface area contributed by atoms with Gasteiger partial charge in [0.25, 0.3) is 0 Å². The average molecular weight is 202 g/mol. The summed E-state index contributed by atoms with van der Waals surface area (Å²) in [5.41, 5.74) is 0. The fourth-order valence-electron chi connectivity index (χ4n) is 0.521. The van der Waals surface area contributed by atoms with Crippen molar-refractivity contribution in [3.8, 4) is 0 Å². The summed E-state index contributed by atoms with van der Waals surface area (Å²) in [6.07, 6.45) is 5.14. The van der Waals surface area contributed by atoms with E-state index < -0.39 is 0 Å². The van der Waals surface area contributed by atoms with E-state index >= 15 is 0 Å². The maximum atomic E-state index is 5.44. The maximum Gasteiger partial charge on any atom is 0.0223 e. The van der Waals surface area contributed by atoms with Crippen LogP contribution >= 0.6 is 24.0 Å². The number of alkyl halides is 1. The highest BCUT2D eigenvalue weighted by Crippen LogP contribution is 1.98. The topological polar surface area (TPSA) is 12.0 Å². The largest absolute Gasteiger partial charge is 0.323 e. The number of hydrogen-bond acceptors (Lipinski definition) is 1. The van der Waals surface area contributed by atoms with Crippen LogP contribution in [0.1, 0.15) is 32.6 Å². The molecule has 1 N–H and O–H groups in total. The minimum Gasteiger partial charge on any atom is -0.323 e. The van der Waals surface area contributed by atoms with Gasteiger partial charge in [0.15, 0.2) is 0 Å². The molecule has 1 nitrogen and oxygen atoms in total. The van der Waals surface area contributed by atoms with E-state index in [1.165, 1.54) is 25.7 Å². The van der Waals surface area contributed by atoms with Gasteiger partial charge >= 0.3 is 0 Å². The predicted molar refractivity (Wildman–Crippen MR) is 57.1 cm³/mol. The number of hydrogen-bond donors (Lipinski definition) is 1. The van der Waals surface area contributed by atoms with Gasteiger partial charge < -0.3 is 5.32 Å². The fourth-order valence-corrected chi connectivity index (χ4v) is 0.710. The zero-order valence-electron chi connectivity index (χ0n) is 7.82. The third kappa shape index (κ3) is 37.3. The van der Waals surface area contributed by atoms with E-state index in [1.54, 1.807) is 0 Å². The first-order chi connectivity index (χ1) is 4.83. The Hall–Kier alpha value is 0.540. The van der Waals surface area contributed by atoms with Crippen molar-refractivity contribution < 1.29 is 0 Å². The molecule has 72 valence electrons. The van der Waals surface area contributed by atoms with Gasteiger partial charge in [-0.1, -0.05) is 26.2 Å². The van der Waals surface area contributed by atoms with Crippen molar-refractivity contribution in [2.24, 2.45) is 0 Å². The highest BCUT2D eigenvalue weighted by atomic mass is 35.5. The Bertz CT molecular complexity index is 39.1. The zero-order valence-corrected chi connectivity index (χ0v) is 9.39. The molecule has 0 radical (unpaired) electrons. The first-order valence-electron chi connectivity index (χ1n) is 3.97. The summed E-state index contributed by atoms with van der Waals surface area (Å²) in [5.74, 6) is 0.833. The zero-order chi connectivity index (χ0) is 8.24. The lowest BCUT2D eigenvalue weighted by Gasteiger charge is -1.89. The number of unbranched alkanes of at least 4 members (excludes halogenated alkanes) is 3. The van der Waals surface area contributed by atoms with Gasteiger partial charge in [0.2, 0.25) is 0 Å². The van der Waals surface area contributed by atoms with Crippen LogP contribution in [0.4, 0.5) is 0 Å². The van der Waals surface area contributed by atoms with Gasteiger partial charge in [-0.15, -0.1) is 24.0 Å². The summed E-state index contributed by atoms with van der Waals surface area (Å²) in [5, 5.41) is 2.75. The number of halogens is 2. The van der Waals surface area contributed by atoms with Crippen molar-refractivity contribution in [1.29, 1.82) is 0 Å². The van der Waals surface area contributed by atoms with Crippen LogP contribution in [0.25, 0.3) is 0 Å². The van der Waals surface area contributed by atoms with Gasteiger partial charge in [-0.05, 0) is 20.5 Å². The lowest BCUT2D eigenvalue weighted by atomic mass is 10.2. The lowest BCUT2D eigenvalue weighted by molar-refractivity contribution is 0.705. The second kappa shape index (κ2) is 22.4. The van der Waals surface area contributed by atoms with E-state index in [0.29, 0.717) is 0 Å². The average Bonchev–Trinajstić information content (AvgIpc) is 1.91. The molecule has 0 unspecified atom stereocenters. The third-order valence-corrected chi connectivity index (χ3v) is 1.25. The summed E-state index contributed by atoms with van der Waals surface area (Å²) >= 11 is 5.44. The maximum absolute atomic E-state index is 5.44. The molecule has 11 heavy (non-hydrogen) atoms. The van der Waals surface area contributed by atoms with Crippen LogP contribution in [0.2, 0.25) is 0 Å². The molecular formula is C8H21Cl2N. The van der Waals surface area contributed by atoms with Gasteiger partial charge in [-0.2, -0.15) is 0 Å². The van der Waals surface area contributed by atoms with Crippen molar-refractivity contribution >= 4 is 24.0 Å². The van der Waals surface area contributed by atoms with Crippen LogP contribution in [0.3, 0.4) is 0 Å². The molecule has 0 aromatic carbocycles. The van der Waals surface area contributed by atoms with Gasteiger partial charge in [0.1, 0.15) is 0 Å². The summed E-state index contributed by atoms with van der Waals surface area (Å²) in [7, 11) is 3.75. The van der Waals surface area contributed by atoms with Crippen LogP contribution in [0, 0.1) is 0 Å². The third-order valence-electron chi connectivity index (χ3n) is 0.987. The van der Waals surface area contributed by atoms with Crippen molar-refractivity contribution in [2.75, 3.05) is 20.0 Å². The molecule has 0 aliphatic heterocycles. The van der Waals surface area contributed by atoms with Gasteiger partial charge in [0.05, 0.1) is 0 Å². The Morgan fingerprint density at radius 1 is 1.09 bits per heavy atom. The van der Waals surface area contributed by atoms with Crippen molar-refractivity contribution in [3.63, 3.8) is 0 Å². The second-order valence-corrected chi connectivity index (χ2v) is 2.63. The molecule has 0 aliphatic carbocycles. The van der Waals surface area contributed by atoms with Crippen molar-refractivity contribution in [1.82, 2.24) is 5.32 Å². The Morgan fingerprint density at radius 3 is 1.82 bits per heavy atom. The molecular weight excluding hydrogens is 181 g/mol. The van der Waals surface area contributed by atoms with E-state index in [0.717, 1.165) is 5.88 Å². The Kier molecular flexibility index (Phi) is 35.8. The Labute approximate surface area is 82.3 Å². The van der Waals surface area contributed by atoms with Crippen LogP contribution in [-0.4, -0.2) is 20.0 Å². The molecule has 0 spiro atoms. The summed E-state index contributed by atoms with van der Waals surface area (Å²) in [4.78, 5) is 0. The Morgan fingerprint density at radius 2 is 1.55 bits per heavy atom. The minimum atomic E-state index is 0. The van der Waals surface area contributed by atoms with Gasteiger partial charge in [0, 0.05) is 5.88 Å². The number of rotatable bonds is 4. The van der Waals surface area contributed by atoms with E-state index in [1.807, 2.05) is 14.1 Å². The lowest BCUT2D eigenvalue weighted by Crippen LogP contribution is -1.89. The predicted octanol–water partition coefficient (Wildman–Crippen LogP) is 3.06. The molecule has 0 saturated carbocycles. The van der Waals surface area contributed by atoms with Crippen LogP contribution in [0.15, 0.2) is 0 Å². The number of nitrogens with one attached hydrogen (secondary N) is 1. The molecule has 0 aliphatic rings. The van der Waals surface area contributed by atoms with Crippen LogP contribution < -0.4 is 5.32 Å². The second-order valence-electron chi connectivity index (χ2n) is 2.25. The summed E-state index contributed by atoms with van der Waals surface area (Å²) in [6, 6.07) is 0. The van der Waals surface area contributed by atoms with Gasteiger partial charge in [-0.25, -0.2) is 0 Å². The van der Waals surface area contributed by atoms with Crippen molar-refractivity contribution in [2.45, 2.75) is 32.6 Å². The first-order valence-corrected chi connectivity index (χ1v) is 4.51. The molecule has 0 atom stereocenters. The van der Waals surface area contributed by atoms with Crippen LogP contribution in [0.5, 0.6) is 0 Å². The van der Waals surface area contributed by atoms with E-state index in [-0.39, 0.29) is 12.4 Å². The van der Waals surface area contributed by atoms with Crippen LogP contribution in [-0.2, 0) is 0 Å². The normalized spacial score (nSPS) is 7.64. The summed E-state index contributed by atoms with van der Waals surface area (Å²) < 4.78 is 0. The monoisotopic (exact) mass is 201 g/mol. The fraction of sp³-hybridized carbons (Fsp3) is 1.00. The summed E-state index contributed by atoms with van der Waals surface area (Å²) in [6.45, 7) is 2.20. The molecule has 0 saturated heterocycles. The smallest absolute Gasteiger partial charge is 0.0223 e. The van der Waals surface area contributed by atoms with E-state index in [9.17, 15) is 0 Å². The SMILES string of the molecule is CCCCCCCl.CNC.Cl. The standard InChI is InChI=1S/C6H13Cl.C2H7N.ClH/c1-2-3-4-5-6-7;1-3-2;/h2-6H2,1H3;3H,1-2H3;1H.